The zero-order valence-corrected chi connectivity index (χ0v) is 9.49. The van der Waals surface area contributed by atoms with Crippen LogP contribution < -0.4 is 10.1 Å². The molecule has 0 saturated heterocycles. The van der Waals surface area contributed by atoms with E-state index in [1.807, 2.05) is 26.0 Å². The SMILES string of the molecule is COCCNc1cccnc1OC(C)C. The van der Waals surface area contributed by atoms with Crippen molar-refractivity contribution >= 4 is 5.69 Å². The monoisotopic (exact) mass is 210 g/mol. The van der Waals surface area contributed by atoms with Gasteiger partial charge in [-0.15, -0.1) is 0 Å². The first-order chi connectivity index (χ1) is 7.24. The number of rotatable bonds is 6. The quantitative estimate of drug-likeness (QED) is 0.728. The number of methoxy groups -OCH3 is 1. The predicted molar refractivity (Wildman–Crippen MR) is 60.4 cm³/mol. The van der Waals surface area contributed by atoms with Crippen molar-refractivity contribution in [3.8, 4) is 5.88 Å². The molecule has 0 aromatic carbocycles. The lowest BCUT2D eigenvalue weighted by molar-refractivity contribution is 0.210. The molecule has 0 aliphatic heterocycles. The number of anilines is 1. The second-order valence-corrected chi connectivity index (χ2v) is 3.44. The van der Waals surface area contributed by atoms with E-state index in [1.54, 1.807) is 13.3 Å². The van der Waals surface area contributed by atoms with Gasteiger partial charge in [0.1, 0.15) is 0 Å². The summed E-state index contributed by atoms with van der Waals surface area (Å²) in [7, 11) is 1.68. The van der Waals surface area contributed by atoms with Crippen LogP contribution in [0.5, 0.6) is 5.88 Å². The second-order valence-electron chi connectivity index (χ2n) is 3.44. The summed E-state index contributed by atoms with van der Waals surface area (Å²) in [5.41, 5.74) is 0.906. The number of pyridine rings is 1. The molecule has 0 aliphatic carbocycles. The topological polar surface area (TPSA) is 43.4 Å². The lowest BCUT2D eigenvalue weighted by Gasteiger charge is -2.13. The minimum Gasteiger partial charge on any atom is -0.473 e. The van der Waals surface area contributed by atoms with E-state index in [0.29, 0.717) is 12.5 Å². The highest BCUT2D eigenvalue weighted by atomic mass is 16.5. The van der Waals surface area contributed by atoms with Gasteiger partial charge in [-0.3, -0.25) is 0 Å². The Morgan fingerprint density at radius 1 is 1.47 bits per heavy atom. The minimum atomic E-state index is 0.128. The van der Waals surface area contributed by atoms with Crippen LogP contribution in [0.3, 0.4) is 0 Å². The highest BCUT2D eigenvalue weighted by molar-refractivity contribution is 5.51. The largest absolute Gasteiger partial charge is 0.473 e. The highest BCUT2D eigenvalue weighted by Gasteiger charge is 2.05. The van der Waals surface area contributed by atoms with Crippen LogP contribution in [0, 0.1) is 0 Å². The van der Waals surface area contributed by atoms with Crippen LogP contribution in [0.1, 0.15) is 13.8 Å². The van der Waals surface area contributed by atoms with Gasteiger partial charge < -0.3 is 14.8 Å². The molecule has 0 saturated carbocycles. The van der Waals surface area contributed by atoms with Gasteiger partial charge in [0.15, 0.2) is 0 Å². The maximum Gasteiger partial charge on any atom is 0.237 e. The average Bonchev–Trinajstić information content (AvgIpc) is 2.20. The third-order valence-electron chi connectivity index (χ3n) is 1.74. The third kappa shape index (κ3) is 4.16. The summed E-state index contributed by atoms with van der Waals surface area (Å²) in [6.45, 7) is 5.37. The second kappa shape index (κ2) is 6.24. The summed E-state index contributed by atoms with van der Waals surface area (Å²) >= 11 is 0. The van der Waals surface area contributed by atoms with Gasteiger partial charge in [0.05, 0.1) is 18.4 Å². The first kappa shape index (κ1) is 11.8. The molecule has 1 heterocycles. The molecule has 1 aromatic heterocycles. The van der Waals surface area contributed by atoms with E-state index in [9.17, 15) is 0 Å². The smallest absolute Gasteiger partial charge is 0.237 e. The summed E-state index contributed by atoms with van der Waals surface area (Å²) in [6.07, 6.45) is 1.85. The van der Waals surface area contributed by atoms with Crippen molar-refractivity contribution < 1.29 is 9.47 Å². The normalized spacial score (nSPS) is 10.4. The molecule has 0 atom stereocenters. The summed E-state index contributed by atoms with van der Waals surface area (Å²) < 4.78 is 10.5. The zero-order valence-electron chi connectivity index (χ0n) is 9.49. The van der Waals surface area contributed by atoms with Gasteiger partial charge in [-0.05, 0) is 26.0 Å². The van der Waals surface area contributed by atoms with E-state index in [1.165, 1.54) is 0 Å². The third-order valence-corrected chi connectivity index (χ3v) is 1.74. The summed E-state index contributed by atoms with van der Waals surface area (Å²) in [5, 5.41) is 3.21. The fourth-order valence-corrected chi connectivity index (χ4v) is 1.13. The molecule has 0 bridgehead atoms. The molecular weight excluding hydrogens is 192 g/mol. The van der Waals surface area contributed by atoms with Crippen molar-refractivity contribution in [1.82, 2.24) is 4.98 Å². The van der Waals surface area contributed by atoms with Crippen molar-refractivity contribution in [2.24, 2.45) is 0 Å². The Hall–Kier alpha value is -1.29. The van der Waals surface area contributed by atoms with Crippen LogP contribution in [0.2, 0.25) is 0 Å². The van der Waals surface area contributed by atoms with Crippen molar-refractivity contribution in [3.05, 3.63) is 18.3 Å². The fraction of sp³-hybridized carbons (Fsp3) is 0.545. The zero-order chi connectivity index (χ0) is 11.1. The van der Waals surface area contributed by atoms with E-state index in [0.717, 1.165) is 12.2 Å². The van der Waals surface area contributed by atoms with E-state index in [-0.39, 0.29) is 6.10 Å². The van der Waals surface area contributed by atoms with Crippen LogP contribution in [0.25, 0.3) is 0 Å². The van der Waals surface area contributed by atoms with Crippen LogP contribution in [0.15, 0.2) is 18.3 Å². The van der Waals surface area contributed by atoms with Crippen molar-refractivity contribution in [2.75, 3.05) is 25.6 Å². The van der Waals surface area contributed by atoms with Gasteiger partial charge in [-0.2, -0.15) is 0 Å². The van der Waals surface area contributed by atoms with Gasteiger partial charge in [0, 0.05) is 19.9 Å². The Bertz CT molecular complexity index is 290. The maximum atomic E-state index is 5.56. The van der Waals surface area contributed by atoms with Crippen LogP contribution >= 0.6 is 0 Å². The van der Waals surface area contributed by atoms with Crippen molar-refractivity contribution in [3.63, 3.8) is 0 Å². The molecule has 0 spiro atoms. The van der Waals surface area contributed by atoms with Crippen LogP contribution in [0.4, 0.5) is 5.69 Å². The average molecular weight is 210 g/mol. The molecule has 4 nitrogen and oxygen atoms in total. The Kier molecular flexibility index (Phi) is 4.90. The van der Waals surface area contributed by atoms with Gasteiger partial charge in [-0.1, -0.05) is 0 Å². The molecule has 1 rings (SSSR count). The molecule has 0 aliphatic rings. The molecule has 1 aromatic rings. The molecular formula is C11H18N2O2. The van der Waals surface area contributed by atoms with Crippen molar-refractivity contribution in [1.29, 1.82) is 0 Å². The lowest BCUT2D eigenvalue weighted by atomic mass is 10.4. The van der Waals surface area contributed by atoms with Gasteiger partial charge >= 0.3 is 0 Å². The fourth-order valence-electron chi connectivity index (χ4n) is 1.13. The van der Waals surface area contributed by atoms with Crippen molar-refractivity contribution in [2.45, 2.75) is 20.0 Å². The van der Waals surface area contributed by atoms with Crippen LogP contribution in [-0.4, -0.2) is 31.3 Å². The van der Waals surface area contributed by atoms with E-state index >= 15 is 0 Å². The molecule has 0 amide bonds. The Morgan fingerprint density at radius 2 is 2.27 bits per heavy atom. The van der Waals surface area contributed by atoms with Gasteiger partial charge in [0.25, 0.3) is 0 Å². The number of nitrogens with one attached hydrogen (secondary N) is 1. The lowest BCUT2D eigenvalue weighted by Crippen LogP contribution is -2.12. The summed E-state index contributed by atoms with van der Waals surface area (Å²) in [4.78, 5) is 4.17. The predicted octanol–water partition coefficient (Wildman–Crippen LogP) is 1.93. The molecule has 0 radical (unpaired) electrons. The summed E-state index contributed by atoms with van der Waals surface area (Å²) in [6, 6.07) is 3.82. The highest BCUT2D eigenvalue weighted by Crippen LogP contribution is 2.21. The Labute approximate surface area is 90.6 Å². The number of hydrogen-bond donors (Lipinski definition) is 1. The molecule has 0 unspecified atom stereocenters. The number of nitrogens with zero attached hydrogens (tertiary/aromatic N) is 1. The van der Waals surface area contributed by atoms with Gasteiger partial charge in [0.2, 0.25) is 5.88 Å². The standard InChI is InChI=1S/C11H18N2O2/c1-9(2)15-11-10(5-4-6-13-11)12-7-8-14-3/h4-6,9,12H,7-8H2,1-3H3. The minimum absolute atomic E-state index is 0.128. The first-order valence-electron chi connectivity index (χ1n) is 5.08. The van der Waals surface area contributed by atoms with E-state index in [4.69, 9.17) is 9.47 Å². The maximum absolute atomic E-state index is 5.56. The molecule has 15 heavy (non-hydrogen) atoms. The van der Waals surface area contributed by atoms with Gasteiger partial charge in [-0.25, -0.2) is 4.98 Å². The number of hydrogen-bond acceptors (Lipinski definition) is 4. The first-order valence-corrected chi connectivity index (χ1v) is 5.08. The number of ether oxygens (including phenoxy) is 2. The molecule has 1 N–H and O–H groups in total. The van der Waals surface area contributed by atoms with E-state index < -0.39 is 0 Å². The number of aromatic nitrogens is 1. The molecule has 84 valence electrons. The molecule has 4 heteroatoms. The summed E-state index contributed by atoms with van der Waals surface area (Å²) in [5.74, 6) is 0.642. The Morgan fingerprint density at radius 3 is 2.93 bits per heavy atom. The van der Waals surface area contributed by atoms with E-state index in [2.05, 4.69) is 10.3 Å². The molecule has 0 fully saturated rings. The van der Waals surface area contributed by atoms with Crippen LogP contribution in [-0.2, 0) is 4.74 Å². The Balaban J connectivity index is 2.60.